The van der Waals surface area contributed by atoms with Gasteiger partial charge in [-0.25, -0.2) is 9.18 Å². The summed E-state index contributed by atoms with van der Waals surface area (Å²) in [5, 5.41) is 4.37. The highest BCUT2D eigenvalue weighted by Crippen LogP contribution is 2.31. The maximum Gasteiger partial charge on any atom is 0.344 e. The average molecular weight is 402 g/mol. The number of carbonyl (C=O) groups is 2. The van der Waals surface area contributed by atoms with E-state index >= 15 is 0 Å². The fourth-order valence-corrected chi connectivity index (χ4v) is 2.92. The van der Waals surface area contributed by atoms with E-state index in [0.29, 0.717) is 34.0 Å². The highest BCUT2D eigenvalue weighted by molar-refractivity contribution is 6.33. The lowest BCUT2D eigenvalue weighted by molar-refractivity contribution is 0.0493. The van der Waals surface area contributed by atoms with Crippen LogP contribution in [0.2, 0.25) is 5.02 Å². The van der Waals surface area contributed by atoms with Gasteiger partial charge in [-0.05, 0) is 43.7 Å². The van der Waals surface area contributed by atoms with Gasteiger partial charge in [-0.15, -0.1) is 0 Å². The molecular formula is C21H17ClFNO4. The van der Waals surface area contributed by atoms with Gasteiger partial charge in [0.05, 0.1) is 11.6 Å². The first kappa shape index (κ1) is 19.8. The van der Waals surface area contributed by atoms with Crippen molar-refractivity contribution in [3.8, 4) is 11.3 Å². The van der Waals surface area contributed by atoms with Crippen LogP contribution in [-0.4, -0.2) is 23.5 Å². The largest absolute Gasteiger partial charge is 0.462 e. The molecule has 0 aliphatic rings. The molecule has 0 atom stereocenters. The molecule has 0 fully saturated rings. The van der Waals surface area contributed by atoms with Gasteiger partial charge in [0, 0.05) is 17.5 Å². The lowest BCUT2D eigenvalue weighted by Crippen LogP contribution is -2.10. The summed E-state index contributed by atoms with van der Waals surface area (Å²) in [5.74, 6) is -0.817. The van der Waals surface area contributed by atoms with Crippen molar-refractivity contribution in [1.82, 2.24) is 5.16 Å². The zero-order valence-electron chi connectivity index (χ0n) is 15.1. The molecule has 7 heteroatoms. The van der Waals surface area contributed by atoms with Crippen molar-refractivity contribution in [2.75, 3.05) is 6.61 Å². The zero-order valence-corrected chi connectivity index (χ0v) is 15.8. The van der Waals surface area contributed by atoms with Crippen molar-refractivity contribution in [3.05, 3.63) is 76.3 Å². The van der Waals surface area contributed by atoms with Gasteiger partial charge in [0.15, 0.2) is 5.78 Å². The Morgan fingerprint density at radius 2 is 1.86 bits per heavy atom. The molecule has 1 aromatic heterocycles. The number of nitrogens with zero attached hydrogens (tertiary/aromatic N) is 1. The molecule has 28 heavy (non-hydrogen) atoms. The summed E-state index contributed by atoms with van der Waals surface area (Å²) in [7, 11) is 0. The van der Waals surface area contributed by atoms with Gasteiger partial charge in [-0.3, -0.25) is 4.79 Å². The molecule has 0 aliphatic heterocycles. The number of ketones is 1. The van der Waals surface area contributed by atoms with Crippen molar-refractivity contribution in [1.29, 1.82) is 0 Å². The predicted molar refractivity (Wildman–Crippen MR) is 102 cm³/mol. The number of rotatable bonds is 7. The van der Waals surface area contributed by atoms with Crippen LogP contribution in [-0.2, 0) is 4.74 Å². The number of esters is 1. The molecule has 144 valence electrons. The summed E-state index contributed by atoms with van der Waals surface area (Å²) in [4.78, 5) is 24.5. The zero-order chi connectivity index (χ0) is 20.1. The number of ether oxygens (including phenoxy) is 1. The van der Waals surface area contributed by atoms with Crippen LogP contribution in [0.4, 0.5) is 4.39 Å². The van der Waals surface area contributed by atoms with E-state index in [1.165, 1.54) is 24.3 Å². The normalized spacial score (nSPS) is 10.7. The SMILES string of the molecule is Cc1onc(-c2ccccc2Cl)c1C(=O)OCCCC(=O)c1ccc(F)cc1. The number of carbonyl (C=O) groups excluding carboxylic acids is 2. The summed E-state index contributed by atoms with van der Waals surface area (Å²) in [6, 6.07) is 12.3. The van der Waals surface area contributed by atoms with Crippen molar-refractivity contribution in [3.63, 3.8) is 0 Å². The van der Waals surface area contributed by atoms with Gasteiger partial charge in [0.25, 0.3) is 0 Å². The second-order valence-corrected chi connectivity index (χ2v) is 6.52. The van der Waals surface area contributed by atoms with E-state index in [1.54, 1.807) is 31.2 Å². The smallest absolute Gasteiger partial charge is 0.344 e. The van der Waals surface area contributed by atoms with Gasteiger partial charge >= 0.3 is 5.97 Å². The van der Waals surface area contributed by atoms with Crippen LogP contribution >= 0.6 is 11.6 Å². The minimum Gasteiger partial charge on any atom is -0.462 e. The van der Waals surface area contributed by atoms with Crippen molar-refractivity contribution >= 4 is 23.4 Å². The molecule has 0 saturated carbocycles. The van der Waals surface area contributed by atoms with E-state index in [-0.39, 0.29) is 24.4 Å². The Labute approximate surface area is 166 Å². The number of halogens is 2. The monoisotopic (exact) mass is 401 g/mol. The van der Waals surface area contributed by atoms with E-state index in [9.17, 15) is 14.0 Å². The Balaban J connectivity index is 1.60. The van der Waals surface area contributed by atoms with E-state index < -0.39 is 11.8 Å². The molecule has 0 N–H and O–H groups in total. The Morgan fingerprint density at radius 1 is 1.14 bits per heavy atom. The minimum atomic E-state index is -0.595. The summed E-state index contributed by atoms with van der Waals surface area (Å²) in [6.07, 6.45) is 0.520. The van der Waals surface area contributed by atoms with Gasteiger partial charge in [0.2, 0.25) is 0 Å². The first-order chi connectivity index (χ1) is 13.5. The second-order valence-electron chi connectivity index (χ2n) is 6.11. The van der Waals surface area contributed by atoms with Crippen LogP contribution in [0.15, 0.2) is 53.1 Å². The van der Waals surface area contributed by atoms with Crippen molar-refractivity contribution in [2.24, 2.45) is 0 Å². The first-order valence-electron chi connectivity index (χ1n) is 8.64. The number of hydrogen-bond acceptors (Lipinski definition) is 5. The van der Waals surface area contributed by atoms with Crippen molar-refractivity contribution < 1.29 is 23.2 Å². The molecule has 0 aliphatic carbocycles. The lowest BCUT2D eigenvalue weighted by atomic mass is 10.1. The minimum absolute atomic E-state index is 0.0539. The highest BCUT2D eigenvalue weighted by Gasteiger charge is 2.24. The number of Topliss-reactive ketones (excluding diaryl/α,β-unsaturated/α-hetero) is 1. The molecule has 0 bridgehead atoms. The van der Waals surface area contributed by atoms with Gasteiger partial charge < -0.3 is 9.26 Å². The lowest BCUT2D eigenvalue weighted by Gasteiger charge is -2.06. The molecule has 5 nitrogen and oxygen atoms in total. The van der Waals surface area contributed by atoms with Gasteiger partial charge in [-0.1, -0.05) is 35.0 Å². The number of aryl methyl sites for hydroxylation is 1. The quantitative estimate of drug-likeness (QED) is 0.307. The molecule has 3 aromatic rings. The average Bonchev–Trinajstić information content (AvgIpc) is 3.07. The first-order valence-corrected chi connectivity index (χ1v) is 9.02. The van der Waals surface area contributed by atoms with Crippen LogP contribution in [0.1, 0.15) is 39.3 Å². The Morgan fingerprint density at radius 3 is 2.57 bits per heavy atom. The van der Waals surface area contributed by atoms with E-state index in [0.717, 1.165) is 0 Å². The summed E-state index contributed by atoms with van der Waals surface area (Å²) in [6.45, 7) is 1.67. The van der Waals surface area contributed by atoms with Crippen LogP contribution < -0.4 is 0 Å². The van der Waals surface area contributed by atoms with Crippen molar-refractivity contribution in [2.45, 2.75) is 19.8 Å². The Hall–Kier alpha value is -2.99. The fourth-order valence-electron chi connectivity index (χ4n) is 2.70. The Kier molecular flexibility index (Phi) is 6.21. The predicted octanol–water partition coefficient (Wildman–Crippen LogP) is 5.26. The molecular weight excluding hydrogens is 385 g/mol. The molecule has 1 heterocycles. The van der Waals surface area contributed by atoms with Crippen LogP contribution in [0.5, 0.6) is 0 Å². The van der Waals surface area contributed by atoms with E-state index in [4.69, 9.17) is 20.9 Å². The van der Waals surface area contributed by atoms with Crippen LogP contribution in [0.3, 0.4) is 0 Å². The maximum absolute atomic E-state index is 12.9. The molecule has 0 radical (unpaired) electrons. The molecule has 0 amide bonds. The molecule has 0 saturated heterocycles. The van der Waals surface area contributed by atoms with E-state index in [1.807, 2.05) is 0 Å². The third kappa shape index (κ3) is 4.46. The maximum atomic E-state index is 12.9. The highest BCUT2D eigenvalue weighted by atomic mass is 35.5. The topological polar surface area (TPSA) is 69.4 Å². The molecule has 2 aromatic carbocycles. The fraction of sp³-hybridized carbons (Fsp3) is 0.190. The van der Waals surface area contributed by atoms with Gasteiger partial charge in [-0.2, -0.15) is 0 Å². The number of benzene rings is 2. The number of hydrogen-bond donors (Lipinski definition) is 0. The second kappa shape index (κ2) is 8.80. The molecule has 0 spiro atoms. The Bertz CT molecular complexity index is 998. The summed E-state index contributed by atoms with van der Waals surface area (Å²) < 4.78 is 23.3. The van der Waals surface area contributed by atoms with Crippen LogP contribution in [0.25, 0.3) is 11.3 Å². The third-order valence-electron chi connectivity index (χ3n) is 4.14. The van der Waals surface area contributed by atoms with Gasteiger partial charge in [0.1, 0.15) is 22.8 Å². The number of aromatic nitrogens is 1. The summed E-state index contributed by atoms with van der Waals surface area (Å²) in [5.41, 5.74) is 1.51. The standard InChI is InChI=1S/C21H17ClFNO4/c1-13-19(20(24-28-13)16-5-2-3-6-17(16)22)21(26)27-12-4-7-18(25)14-8-10-15(23)11-9-14/h2-3,5-6,8-11H,4,7,12H2,1H3. The summed E-state index contributed by atoms with van der Waals surface area (Å²) >= 11 is 6.18. The molecule has 3 rings (SSSR count). The third-order valence-corrected chi connectivity index (χ3v) is 4.47. The van der Waals surface area contributed by atoms with Crippen LogP contribution in [0, 0.1) is 12.7 Å². The molecule has 0 unspecified atom stereocenters. The van der Waals surface area contributed by atoms with E-state index in [2.05, 4.69) is 5.16 Å².